The van der Waals surface area contributed by atoms with E-state index in [2.05, 4.69) is 38.5 Å². The molecule has 0 aliphatic carbocycles. The number of nitrogens with zero attached hydrogens (tertiary/aromatic N) is 2. The molecule has 10 heteroatoms. The largest absolute Gasteiger partial charge is 0.494 e. The first kappa shape index (κ1) is 32.9. The lowest BCUT2D eigenvalue weighted by atomic mass is 9.93. The highest BCUT2D eigenvalue weighted by Crippen LogP contribution is 2.36. The van der Waals surface area contributed by atoms with Crippen molar-refractivity contribution in [2.45, 2.75) is 26.5 Å². The predicted octanol–water partition coefficient (Wildman–Crippen LogP) is 7.28. The fraction of sp³-hybridized carbons (Fsp3) is 0.162. The van der Waals surface area contributed by atoms with Crippen molar-refractivity contribution < 1.29 is 19.0 Å². The van der Waals surface area contributed by atoms with E-state index in [1.54, 1.807) is 11.5 Å². The molecule has 0 unspecified atom stereocenters. The van der Waals surface area contributed by atoms with Crippen LogP contribution in [0.1, 0.15) is 42.1 Å². The standard InChI is InChI=1S/C37H30BrIN2O5S/c1-3-44-28-17-15-25(16-18-28)33-31(36(43)45-4-2)32(24-13-9-6-10-14-24)40-37-41(33)35(42)30(47-37)20-26-19-27(38)21-29(39)34(26)46-22-23-11-7-5-8-12-23/h5-21,33H,3-4,22H2,1-2H3/b30-20-/t33-/m1/s1. The van der Waals surface area contributed by atoms with Crippen molar-refractivity contribution >= 4 is 67.6 Å². The van der Waals surface area contributed by atoms with Gasteiger partial charge in [-0.3, -0.25) is 9.36 Å². The van der Waals surface area contributed by atoms with Gasteiger partial charge < -0.3 is 14.2 Å². The van der Waals surface area contributed by atoms with E-state index in [4.69, 9.17) is 19.2 Å². The summed E-state index contributed by atoms with van der Waals surface area (Å²) in [4.78, 5) is 33.6. The molecular formula is C37H30BrIN2O5S. The minimum atomic E-state index is -0.783. The molecule has 0 spiro atoms. The molecular weight excluding hydrogens is 791 g/mol. The summed E-state index contributed by atoms with van der Waals surface area (Å²) in [5.74, 6) is 0.839. The van der Waals surface area contributed by atoms with Crippen molar-refractivity contribution in [1.29, 1.82) is 0 Å². The number of aromatic nitrogens is 1. The second-order valence-electron chi connectivity index (χ2n) is 10.5. The lowest BCUT2D eigenvalue weighted by Crippen LogP contribution is -2.40. The summed E-state index contributed by atoms with van der Waals surface area (Å²) in [5, 5.41) is 0. The van der Waals surface area contributed by atoms with E-state index in [9.17, 15) is 9.59 Å². The quantitative estimate of drug-likeness (QED) is 0.109. The van der Waals surface area contributed by atoms with Crippen molar-refractivity contribution in [2.24, 2.45) is 4.99 Å². The van der Waals surface area contributed by atoms with Crippen molar-refractivity contribution in [1.82, 2.24) is 4.57 Å². The predicted molar refractivity (Wildman–Crippen MR) is 196 cm³/mol. The Morgan fingerprint density at radius 2 is 1.66 bits per heavy atom. The second kappa shape index (κ2) is 14.8. The highest BCUT2D eigenvalue weighted by Gasteiger charge is 2.35. The maximum atomic E-state index is 14.4. The number of thiazole rings is 1. The second-order valence-corrected chi connectivity index (χ2v) is 13.6. The van der Waals surface area contributed by atoms with Crippen LogP contribution in [0.15, 0.2) is 117 Å². The van der Waals surface area contributed by atoms with E-state index in [1.165, 1.54) is 11.3 Å². The van der Waals surface area contributed by atoms with Gasteiger partial charge in [-0.1, -0.05) is 100 Å². The van der Waals surface area contributed by atoms with Crippen LogP contribution in [0.4, 0.5) is 0 Å². The molecule has 0 fully saturated rings. The number of fused-ring (bicyclic) bond motifs is 1. The Balaban J connectivity index is 1.56. The molecule has 4 aromatic carbocycles. The summed E-state index contributed by atoms with van der Waals surface area (Å²) in [6.45, 7) is 4.76. The van der Waals surface area contributed by atoms with Crippen LogP contribution >= 0.6 is 49.9 Å². The Labute approximate surface area is 298 Å². The maximum Gasteiger partial charge on any atom is 0.338 e. The van der Waals surface area contributed by atoms with Crippen molar-refractivity contribution in [2.75, 3.05) is 13.2 Å². The van der Waals surface area contributed by atoms with Crippen LogP contribution in [0.5, 0.6) is 11.5 Å². The van der Waals surface area contributed by atoms with Crippen LogP contribution in [0.3, 0.4) is 0 Å². The fourth-order valence-electron chi connectivity index (χ4n) is 5.38. The molecule has 5 aromatic rings. The van der Waals surface area contributed by atoms with E-state index >= 15 is 0 Å². The summed E-state index contributed by atoms with van der Waals surface area (Å²) >= 11 is 7.13. The van der Waals surface area contributed by atoms with Crippen molar-refractivity contribution in [3.05, 3.63) is 153 Å². The molecule has 0 saturated heterocycles. The Kier molecular flexibility index (Phi) is 10.4. The number of esters is 1. The molecule has 6 rings (SSSR count). The number of carbonyl (C=O) groups excluding carboxylic acids is 1. The summed E-state index contributed by atoms with van der Waals surface area (Å²) < 4.78 is 21.4. The molecule has 1 aliphatic heterocycles. The third-order valence-corrected chi connectivity index (χ3v) is 9.67. The van der Waals surface area contributed by atoms with Gasteiger partial charge in [-0.2, -0.15) is 0 Å². The third kappa shape index (κ3) is 7.14. The minimum Gasteiger partial charge on any atom is -0.494 e. The molecule has 0 radical (unpaired) electrons. The molecule has 7 nitrogen and oxygen atoms in total. The third-order valence-electron chi connectivity index (χ3n) is 7.43. The molecule has 238 valence electrons. The van der Waals surface area contributed by atoms with Crippen LogP contribution in [0.25, 0.3) is 11.8 Å². The topological polar surface area (TPSA) is 79.1 Å². The SMILES string of the molecule is CCOC(=O)C1=C(c2ccccc2)N=c2s/c(=C\c3cc(Br)cc(I)c3OCc3ccccc3)c(=O)n2[C@@H]1c1ccc(OCC)cc1. The lowest BCUT2D eigenvalue weighted by Gasteiger charge is -2.26. The first-order valence-corrected chi connectivity index (χ1v) is 17.7. The van der Waals surface area contributed by atoms with Gasteiger partial charge in [0.2, 0.25) is 0 Å². The molecule has 0 bridgehead atoms. The zero-order chi connectivity index (χ0) is 32.9. The molecule has 2 heterocycles. The number of rotatable bonds is 10. The van der Waals surface area contributed by atoms with Gasteiger partial charge >= 0.3 is 5.97 Å². The van der Waals surface area contributed by atoms with Crippen LogP contribution in [0.2, 0.25) is 0 Å². The molecule has 1 aromatic heterocycles. The molecule has 0 amide bonds. The van der Waals surface area contributed by atoms with Crippen LogP contribution in [0, 0.1) is 3.57 Å². The first-order valence-electron chi connectivity index (χ1n) is 15.0. The number of hydrogen-bond donors (Lipinski definition) is 0. The summed E-state index contributed by atoms with van der Waals surface area (Å²) in [6, 6.07) is 30.0. The summed E-state index contributed by atoms with van der Waals surface area (Å²) in [5.41, 5.74) is 3.76. The maximum absolute atomic E-state index is 14.4. The number of benzene rings is 4. The molecule has 0 saturated carbocycles. The number of hydrogen-bond acceptors (Lipinski definition) is 7. The Morgan fingerprint density at radius 1 is 0.957 bits per heavy atom. The Bertz CT molecular complexity index is 2130. The summed E-state index contributed by atoms with van der Waals surface area (Å²) in [6.07, 6.45) is 1.84. The van der Waals surface area contributed by atoms with E-state index in [0.29, 0.717) is 45.3 Å². The van der Waals surface area contributed by atoms with Gasteiger partial charge in [-0.15, -0.1) is 0 Å². The molecule has 47 heavy (non-hydrogen) atoms. The lowest BCUT2D eigenvalue weighted by molar-refractivity contribution is -0.138. The minimum absolute atomic E-state index is 0.179. The zero-order valence-corrected chi connectivity index (χ0v) is 30.2. The van der Waals surface area contributed by atoms with Gasteiger partial charge in [0.1, 0.15) is 18.1 Å². The number of ether oxygens (including phenoxy) is 3. The monoisotopic (exact) mass is 820 g/mol. The molecule has 0 N–H and O–H groups in total. The van der Waals surface area contributed by atoms with Crippen LogP contribution in [-0.2, 0) is 16.1 Å². The van der Waals surface area contributed by atoms with Gasteiger partial charge in [0.05, 0.1) is 38.6 Å². The number of carbonyl (C=O) groups is 1. The van der Waals surface area contributed by atoms with E-state index in [1.807, 2.05) is 110 Å². The normalized spacial score (nSPS) is 14.4. The first-order chi connectivity index (χ1) is 22.9. The van der Waals surface area contributed by atoms with Gasteiger partial charge in [0.25, 0.3) is 5.56 Å². The van der Waals surface area contributed by atoms with E-state index in [0.717, 1.165) is 30.3 Å². The summed E-state index contributed by atoms with van der Waals surface area (Å²) in [7, 11) is 0. The van der Waals surface area contributed by atoms with Crippen molar-refractivity contribution in [3.8, 4) is 11.5 Å². The molecule has 1 atom stereocenters. The average molecular weight is 822 g/mol. The highest BCUT2D eigenvalue weighted by molar-refractivity contribution is 14.1. The molecule has 1 aliphatic rings. The highest BCUT2D eigenvalue weighted by atomic mass is 127. The van der Waals surface area contributed by atoms with Gasteiger partial charge in [0, 0.05) is 15.6 Å². The average Bonchev–Trinajstić information content (AvgIpc) is 3.39. The van der Waals surface area contributed by atoms with Gasteiger partial charge in [-0.25, -0.2) is 9.79 Å². The Hall–Kier alpha value is -4.00. The number of halogens is 2. The van der Waals surface area contributed by atoms with Gasteiger partial charge in [-0.05, 0) is 77.9 Å². The van der Waals surface area contributed by atoms with Gasteiger partial charge in [0.15, 0.2) is 4.80 Å². The van der Waals surface area contributed by atoms with Crippen molar-refractivity contribution in [3.63, 3.8) is 0 Å². The van der Waals surface area contributed by atoms with Crippen LogP contribution in [-0.4, -0.2) is 23.8 Å². The van der Waals surface area contributed by atoms with E-state index in [-0.39, 0.29) is 12.2 Å². The van der Waals surface area contributed by atoms with E-state index < -0.39 is 12.0 Å². The van der Waals surface area contributed by atoms with Crippen LogP contribution < -0.4 is 24.4 Å². The smallest absolute Gasteiger partial charge is 0.338 e. The zero-order valence-electron chi connectivity index (χ0n) is 25.6. The fourth-order valence-corrected chi connectivity index (χ4v) is 8.08. The Morgan fingerprint density at radius 3 is 2.34 bits per heavy atom.